The van der Waals surface area contributed by atoms with Gasteiger partial charge in [0, 0.05) is 12.2 Å². The predicted molar refractivity (Wildman–Crippen MR) is 72.4 cm³/mol. The highest BCUT2D eigenvalue weighted by Gasteiger charge is 2.33. The standard InChI is InChI=1S/C14H19F3N2O/c1-11(2)9-19(10-14(15,16)17)13(20)8-18-12-6-4-3-5-7-12/h3-7,11,18H,8-10H2,1-2H3. The van der Waals surface area contributed by atoms with Gasteiger partial charge in [0.25, 0.3) is 0 Å². The molecule has 0 aliphatic carbocycles. The molecule has 1 amide bonds. The minimum Gasteiger partial charge on any atom is -0.376 e. The first-order valence-electron chi connectivity index (χ1n) is 6.41. The number of carbonyl (C=O) groups is 1. The van der Waals surface area contributed by atoms with Gasteiger partial charge in [0.1, 0.15) is 6.54 Å². The molecule has 0 aliphatic heterocycles. The van der Waals surface area contributed by atoms with Crippen molar-refractivity contribution in [1.29, 1.82) is 0 Å². The van der Waals surface area contributed by atoms with E-state index >= 15 is 0 Å². The van der Waals surface area contributed by atoms with Crippen molar-refractivity contribution in [1.82, 2.24) is 4.90 Å². The first-order chi connectivity index (χ1) is 9.28. The Hall–Kier alpha value is -1.72. The van der Waals surface area contributed by atoms with Crippen molar-refractivity contribution in [3.8, 4) is 0 Å². The highest BCUT2D eigenvalue weighted by molar-refractivity contribution is 5.80. The number of amides is 1. The van der Waals surface area contributed by atoms with Crippen LogP contribution in [-0.4, -0.2) is 36.6 Å². The van der Waals surface area contributed by atoms with Crippen LogP contribution in [-0.2, 0) is 4.79 Å². The first kappa shape index (κ1) is 16.3. The van der Waals surface area contributed by atoms with Crippen LogP contribution in [0.1, 0.15) is 13.8 Å². The largest absolute Gasteiger partial charge is 0.406 e. The number of nitrogens with one attached hydrogen (secondary N) is 1. The van der Waals surface area contributed by atoms with Gasteiger partial charge < -0.3 is 10.2 Å². The lowest BCUT2D eigenvalue weighted by atomic mass is 10.2. The molecule has 112 valence electrons. The molecule has 1 rings (SSSR count). The number of hydrogen-bond donors (Lipinski definition) is 1. The van der Waals surface area contributed by atoms with Crippen molar-refractivity contribution in [3.63, 3.8) is 0 Å². The summed E-state index contributed by atoms with van der Waals surface area (Å²) >= 11 is 0. The zero-order chi connectivity index (χ0) is 15.2. The first-order valence-corrected chi connectivity index (χ1v) is 6.41. The molecular weight excluding hydrogens is 269 g/mol. The molecule has 1 N–H and O–H groups in total. The maximum Gasteiger partial charge on any atom is 0.406 e. The number of anilines is 1. The van der Waals surface area contributed by atoms with Crippen LogP contribution >= 0.6 is 0 Å². The molecule has 1 aromatic rings. The lowest BCUT2D eigenvalue weighted by molar-refractivity contribution is -0.161. The third kappa shape index (κ3) is 6.45. The third-order valence-corrected chi connectivity index (χ3v) is 2.53. The van der Waals surface area contributed by atoms with Gasteiger partial charge in [0.2, 0.25) is 5.91 Å². The Bertz CT molecular complexity index is 418. The van der Waals surface area contributed by atoms with Crippen LogP contribution in [0.4, 0.5) is 18.9 Å². The van der Waals surface area contributed by atoms with Crippen molar-refractivity contribution in [2.24, 2.45) is 5.92 Å². The summed E-state index contributed by atoms with van der Waals surface area (Å²) in [6, 6.07) is 8.90. The maximum absolute atomic E-state index is 12.5. The summed E-state index contributed by atoms with van der Waals surface area (Å²) < 4.78 is 37.4. The van der Waals surface area contributed by atoms with Gasteiger partial charge in [0.05, 0.1) is 6.54 Å². The zero-order valence-electron chi connectivity index (χ0n) is 11.6. The fraction of sp³-hybridized carbons (Fsp3) is 0.500. The fourth-order valence-corrected chi connectivity index (χ4v) is 1.76. The quantitative estimate of drug-likeness (QED) is 0.872. The molecule has 3 nitrogen and oxygen atoms in total. The second kappa shape index (κ2) is 7.17. The highest BCUT2D eigenvalue weighted by Crippen LogP contribution is 2.17. The number of benzene rings is 1. The summed E-state index contributed by atoms with van der Waals surface area (Å²) in [7, 11) is 0. The van der Waals surface area contributed by atoms with Gasteiger partial charge in [-0.25, -0.2) is 0 Å². The molecule has 0 heterocycles. The van der Waals surface area contributed by atoms with Crippen molar-refractivity contribution >= 4 is 11.6 Å². The smallest absolute Gasteiger partial charge is 0.376 e. The minimum absolute atomic E-state index is 0.0157. The van der Waals surface area contributed by atoms with E-state index in [1.165, 1.54) is 0 Å². The van der Waals surface area contributed by atoms with Crippen molar-refractivity contribution in [2.75, 3.05) is 25.0 Å². The predicted octanol–water partition coefficient (Wildman–Crippen LogP) is 3.15. The third-order valence-electron chi connectivity index (χ3n) is 2.53. The van der Waals surface area contributed by atoms with Gasteiger partial charge in [0.15, 0.2) is 0 Å². The Kier molecular flexibility index (Phi) is 5.85. The molecule has 0 aliphatic rings. The Morgan fingerprint density at radius 3 is 2.35 bits per heavy atom. The maximum atomic E-state index is 12.5. The Labute approximate surface area is 116 Å². The van der Waals surface area contributed by atoms with Gasteiger partial charge in [-0.2, -0.15) is 13.2 Å². The molecule has 0 aromatic heterocycles. The number of rotatable bonds is 6. The zero-order valence-corrected chi connectivity index (χ0v) is 11.6. The average Bonchev–Trinajstić information content (AvgIpc) is 2.34. The molecule has 0 atom stereocenters. The van der Waals surface area contributed by atoms with E-state index in [9.17, 15) is 18.0 Å². The van der Waals surface area contributed by atoms with E-state index in [0.717, 1.165) is 4.90 Å². The average molecular weight is 288 g/mol. The molecule has 0 bridgehead atoms. The molecule has 0 saturated heterocycles. The molecular formula is C14H19F3N2O. The molecule has 0 radical (unpaired) electrons. The van der Waals surface area contributed by atoms with Crippen molar-refractivity contribution in [2.45, 2.75) is 20.0 Å². The summed E-state index contributed by atoms with van der Waals surface area (Å²) in [4.78, 5) is 12.7. The van der Waals surface area contributed by atoms with Gasteiger partial charge in [-0.15, -0.1) is 0 Å². The summed E-state index contributed by atoms with van der Waals surface area (Å²) in [5, 5.41) is 2.83. The van der Waals surface area contributed by atoms with Crippen molar-refractivity contribution in [3.05, 3.63) is 30.3 Å². The number of nitrogens with zero attached hydrogens (tertiary/aromatic N) is 1. The SMILES string of the molecule is CC(C)CN(CC(F)(F)F)C(=O)CNc1ccccc1. The fourth-order valence-electron chi connectivity index (χ4n) is 1.76. The van der Waals surface area contributed by atoms with Crippen LogP contribution in [0.25, 0.3) is 0 Å². The second-order valence-electron chi connectivity index (χ2n) is 5.00. The minimum atomic E-state index is -4.38. The van der Waals surface area contributed by atoms with E-state index in [0.29, 0.717) is 5.69 Å². The molecule has 0 fully saturated rings. The van der Waals surface area contributed by atoms with E-state index in [-0.39, 0.29) is 19.0 Å². The number of halogens is 3. The number of alkyl halides is 3. The van der Waals surface area contributed by atoms with E-state index in [1.807, 2.05) is 6.07 Å². The topological polar surface area (TPSA) is 32.3 Å². The Morgan fingerprint density at radius 1 is 1.25 bits per heavy atom. The van der Waals surface area contributed by atoms with Gasteiger partial charge in [-0.1, -0.05) is 32.0 Å². The van der Waals surface area contributed by atoms with Crippen LogP contribution in [0.3, 0.4) is 0 Å². The summed E-state index contributed by atoms with van der Waals surface area (Å²) in [6.45, 7) is 2.30. The molecule has 0 saturated carbocycles. The van der Waals surface area contributed by atoms with E-state index in [1.54, 1.807) is 38.1 Å². The molecule has 0 spiro atoms. The number of carbonyl (C=O) groups excluding carboxylic acids is 1. The van der Waals surface area contributed by atoms with Crippen LogP contribution in [0.2, 0.25) is 0 Å². The van der Waals surface area contributed by atoms with Crippen LogP contribution < -0.4 is 5.32 Å². The van der Waals surface area contributed by atoms with Crippen LogP contribution in [0, 0.1) is 5.92 Å². The monoisotopic (exact) mass is 288 g/mol. The molecule has 20 heavy (non-hydrogen) atoms. The van der Waals surface area contributed by atoms with Crippen molar-refractivity contribution < 1.29 is 18.0 Å². The van der Waals surface area contributed by atoms with E-state index in [2.05, 4.69) is 5.32 Å². The number of hydrogen-bond acceptors (Lipinski definition) is 2. The Morgan fingerprint density at radius 2 is 1.85 bits per heavy atom. The van der Waals surface area contributed by atoms with Crippen LogP contribution in [0.5, 0.6) is 0 Å². The van der Waals surface area contributed by atoms with Gasteiger partial charge in [-0.3, -0.25) is 4.79 Å². The Balaban J connectivity index is 2.58. The summed E-state index contributed by atoms with van der Waals surface area (Å²) in [5.41, 5.74) is 0.706. The van der Waals surface area contributed by atoms with Gasteiger partial charge >= 0.3 is 6.18 Å². The highest BCUT2D eigenvalue weighted by atomic mass is 19.4. The van der Waals surface area contributed by atoms with E-state index in [4.69, 9.17) is 0 Å². The molecule has 6 heteroatoms. The number of para-hydroxylation sites is 1. The van der Waals surface area contributed by atoms with Crippen LogP contribution in [0.15, 0.2) is 30.3 Å². The van der Waals surface area contributed by atoms with E-state index < -0.39 is 18.6 Å². The summed E-state index contributed by atoms with van der Waals surface area (Å²) in [6.07, 6.45) is -4.38. The normalized spacial score (nSPS) is 11.5. The lowest BCUT2D eigenvalue weighted by Gasteiger charge is -2.26. The summed E-state index contributed by atoms with van der Waals surface area (Å²) in [5.74, 6) is -0.571. The van der Waals surface area contributed by atoms with Gasteiger partial charge in [-0.05, 0) is 18.1 Å². The molecule has 0 unspecified atom stereocenters. The molecule has 1 aromatic carbocycles. The second-order valence-corrected chi connectivity index (χ2v) is 5.00. The lowest BCUT2D eigenvalue weighted by Crippen LogP contribution is -2.43.